The summed E-state index contributed by atoms with van der Waals surface area (Å²) in [5, 5.41) is 6.04. The maximum Gasteiger partial charge on any atom is 0.233 e. The smallest absolute Gasteiger partial charge is 0.233 e. The number of amides is 2. The second-order valence-electron chi connectivity index (χ2n) is 5.41. The van der Waals surface area contributed by atoms with Crippen LogP contribution in [0.1, 0.15) is 23.1 Å². The lowest BCUT2D eigenvalue weighted by Crippen LogP contribution is -2.28. The second kappa shape index (κ2) is 7.79. The van der Waals surface area contributed by atoms with E-state index in [1.54, 1.807) is 6.07 Å². The van der Waals surface area contributed by atoms with Crippen molar-refractivity contribution in [2.24, 2.45) is 0 Å². The molecule has 0 bridgehead atoms. The summed E-state index contributed by atoms with van der Waals surface area (Å²) in [4.78, 5) is 23.8. The van der Waals surface area contributed by atoms with Crippen LogP contribution in [0.2, 0.25) is 5.02 Å². The molecule has 0 aliphatic heterocycles. The van der Waals surface area contributed by atoms with Gasteiger partial charge in [-0.1, -0.05) is 47.5 Å². The van der Waals surface area contributed by atoms with E-state index in [9.17, 15) is 9.59 Å². The molecule has 2 amide bonds. The summed E-state index contributed by atoms with van der Waals surface area (Å²) >= 11 is 6.02. The van der Waals surface area contributed by atoms with E-state index >= 15 is 0 Å². The van der Waals surface area contributed by atoms with Gasteiger partial charge < -0.3 is 10.6 Å². The summed E-state index contributed by atoms with van der Waals surface area (Å²) in [5.74, 6) is -0.680. The molecule has 0 saturated heterocycles. The van der Waals surface area contributed by atoms with Crippen LogP contribution in [-0.4, -0.2) is 11.8 Å². The third kappa shape index (κ3) is 5.11. The molecule has 120 valence electrons. The van der Waals surface area contributed by atoms with Crippen molar-refractivity contribution in [1.82, 2.24) is 5.32 Å². The van der Waals surface area contributed by atoms with Gasteiger partial charge in [-0.3, -0.25) is 9.59 Å². The first-order valence-corrected chi connectivity index (χ1v) is 7.70. The van der Waals surface area contributed by atoms with Gasteiger partial charge in [-0.2, -0.15) is 0 Å². The highest BCUT2D eigenvalue weighted by Crippen LogP contribution is 2.16. The topological polar surface area (TPSA) is 58.2 Å². The van der Waals surface area contributed by atoms with Gasteiger partial charge in [0.25, 0.3) is 0 Å². The summed E-state index contributed by atoms with van der Waals surface area (Å²) < 4.78 is 0. The molecule has 2 N–H and O–H groups in total. The Hall–Kier alpha value is -2.33. The number of rotatable bonds is 5. The Bertz CT molecular complexity index is 729. The molecule has 0 aliphatic carbocycles. The monoisotopic (exact) mass is 330 g/mol. The number of anilines is 1. The Labute approximate surface area is 140 Å². The second-order valence-corrected chi connectivity index (χ2v) is 5.82. The molecule has 23 heavy (non-hydrogen) atoms. The highest BCUT2D eigenvalue weighted by Gasteiger charge is 2.11. The largest absolute Gasteiger partial charge is 0.352 e. The van der Waals surface area contributed by atoms with Crippen LogP contribution in [0.15, 0.2) is 42.5 Å². The minimum Gasteiger partial charge on any atom is -0.352 e. The Morgan fingerprint density at radius 2 is 1.78 bits per heavy atom. The summed E-state index contributed by atoms with van der Waals surface area (Å²) in [6.45, 7) is 4.20. The number of carbonyl (C=O) groups is 2. The van der Waals surface area contributed by atoms with Gasteiger partial charge in [0.1, 0.15) is 6.42 Å². The Morgan fingerprint density at radius 1 is 1.04 bits per heavy atom. The Morgan fingerprint density at radius 3 is 2.48 bits per heavy atom. The number of hydrogen-bond donors (Lipinski definition) is 2. The number of aryl methyl sites for hydroxylation is 2. The molecular weight excluding hydrogens is 312 g/mol. The lowest BCUT2D eigenvalue weighted by molar-refractivity contribution is -0.126. The van der Waals surface area contributed by atoms with Crippen molar-refractivity contribution in [1.29, 1.82) is 0 Å². The number of benzene rings is 2. The van der Waals surface area contributed by atoms with Crippen LogP contribution in [0.4, 0.5) is 5.69 Å². The molecule has 2 aromatic carbocycles. The third-order valence-electron chi connectivity index (χ3n) is 3.41. The molecule has 0 saturated carbocycles. The van der Waals surface area contributed by atoms with Crippen LogP contribution >= 0.6 is 11.6 Å². The van der Waals surface area contributed by atoms with Gasteiger partial charge in [-0.05, 0) is 37.1 Å². The average Bonchev–Trinajstić information content (AvgIpc) is 2.49. The van der Waals surface area contributed by atoms with E-state index in [-0.39, 0.29) is 18.2 Å². The fraction of sp³-hybridized carbons (Fsp3) is 0.222. The van der Waals surface area contributed by atoms with Crippen molar-refractivity contribution in [2.45, 2.75) is 26.8 Å². The number of hydrogen-bond acceptors (Lipinski definition) is 2. The fourth-order valence-corrected chi connectivity index (χ4v) is 2.39. The van der Waals surface area contributed by atoms with Crippen LogP contribution in [0.5, 0.6) is 0 Å². The number of carbonyl (C=O) groups excluding carboxylic acids is 2. The van der Waals surface area contributed by atoms with Crippen molar-refractivity contribution in [3.05, 3.63) is 64.2 Å². The van der Waals surface area contributed by atoms with Crippen molar-refractivity contribution in [3.63, 3.8) is 0 Å². The summed E-state index contributed by atoms with van der Waals surface area (Å²) in [5.41, 5.74) is 3.63. The van der Waals surface area contributed by atoms with Crippen molar-refractivity contribution in [2.75, 3.05) is 5.32 Å². The zero-order valence-electron chi connectivity index (χ0n) is 13.2. The predicted molar refractivity (Wildman–Crippen MR) is 92.5 cm³/mol. The first-order valence-electron chi connectivity index (χ1n) is 7.33. The molecule has 0 heterocycles. The Kier molecular flexibility index (Phi) is 5.77. The zero-order valence-corrected chi connectivity index (χ0v) is 13.9. The molecule has 0 aliphatic rings. The minimum absolute atomic E-state index is 0.224. The van der Waals surface area contributed by atoms with Gasteiger partial charge in [-0.15, -0.1) is 0 Å². The fourth-order valence-electron chi connectivity index (χ4n) is 2.19. The van der Waals surface area contributed by atoms with Crippen molar-refractivity contribution in [3.8, 4) is 0 Å². The third-order valence-corrected chi connectivity index (χ3v) is 3.78. The first-order chi connectivity index (χ1) is 11.0. The van der Waals surface area contributed by atoms with Crippen LogP contribution in [0.25, 0.3) is 0 Å². The molecule has 2 aromatic rings. The summed E-state index contributed by atoms with van der Waals surface area (Å²) in [6, 6.07) is 13.0. The van der Waals surface area contributed by atoms with Crippen LogP contribution < -0.4 is 10.6 Å². The van der Waals surface area contributed by atoms with E-state index in [1.165, 1.54) is 0 Å². The van der Waals surface area contributed by atoms with Crippen LogP contribution in [0, 0.1) is 13.8 Å². The SMILES string of the molecule is Cc1ccc(NC(=O)CC(=O)NCc2ccccc2Cl)c(C)c1. The van der Waals surface area contributed by atoms with Crippen LogP contribution in [-0.2, 0) is 16.1 Å². The van der Waals surface area contributed by atoms with Gasteiger partial charge in [0, 0.05) is 17.3 Å². The molecule has 0 unspecified atom stereocenters. The molecular formula is C18H19ClN2O2. The lowest BCUT2D eigenvalue weighted by atomic mass is 10.1. The molecule has 5 heteroatoms. The van der Waals surface area contributed by atoms with Gasteiger partial charge in [0.05, 0.1) is 0 Å². The summed E-state index contributed by atoms with van der Waals surface area (Å²) in [7, 11) is 0. The van der Waals surface area contributed by atoms with Crippen LogP contribution in [0.3, 0.4) is 0 Å². The van der Waals surface area contributed by atoms with Crippen molar-refractivity contribution >= 4 is 29.1 Å². The van der Waals surface area contributed by atoms with E-state index in [0.717, 1.165) is 22.4 Å². The average molecular weight is 331 g/mol. The standard InChI is InChI=1S/C18H19ClN2O2/c1-12-7-8-16(13(2)9-12)21-18(23)10-17(22)20-11-14-5-3-4-6-15(14)19/h3-9H,10-11H2,1-2H3,(H,20,22)(H,21,23). The molecule has 2 rings (SSSR count). The molecule has 0 fully saturated rings. The highest BCUT2D eigenvalue weighted by molar-refractivity contribution is 6.31. The van der Waals surface area contributed by atoms with Crippen molar-refractivity contribution < 1.29 is 9.59 Å². The minimum atomic E-state index is -0.341. The zero-order chi connectivity index (χ0) is 16.8. The molecule has 0 atom stereocenters. The van der Waals surface area contributed by atoms with E-state index in [2.05, 4.69) is 10.6 Å². The van der Waals surface area contributed by atoms with Gasteiger partial charge in [0.2, 0.25) is 11.8 Å². The molecule has 0 radical (unpaired) electrons. The maximum absolute atomic E-state index is 11.9. The molecule has 4 nitrogen and oxygen atoms in total. The molecule has 0 spiro atoms. The van der Waals surface area contributed by atoms with E-state index in [1.807, 2.05) is 50.2 Å². The first kappa shape index (κ1) is 17.0. The maximum atomic E-state index is 11.9. The van der Waals surface area contributed by atoms with Gasteiger partial charge in [-0.25, -0.2) is 0 Å². The quantitative estimate of drug-likeness (QED) is 0.823. The molecule has 0 aromatic heterocycles. The van der Waals surface area contributed by atoms with Gasteiger partial charge >= 0.3 is 0 Å². The van der Waals surface area contributed by atoms with E-state index in [0.29, 0.717) is 11.6 Å². The highest BCUT2D eigenvalue weighted by atomic mass is 35.5. The van der Waals surface area contributed by atoms with Gasteiger partial charge in [0.15, 0.2) is 0 Å². The predicted octanol–water partition coefficient (Wildman–Crippen LogP) is 3.60. The van der Waals surface area contributed by atoms with E-state index in [4.69, 9.17) is 11.6 Å². The number of halogens is 1. The normalized spacial score (nSPS) is 10.2. The number of nitrogens with one attached hydrogen (secondary N) is 2. The van der Waals surface area contributed by atoms with E-state index < -0.39 is 0 Å². The summed E-state index contributed by atoms with van der Waals surface area (Å²) in [6.07, 6.45) is -0.224. The lowest BCUT2D eigenvalue weighted by Gasteiger charge is -2.10. The Balaban J connectivity index is 1.85.